The van der Waals surface area contributed by atoms with Gasteiger partial charge in [-0.3, -0.25) is 0 Å². The number of benzene rings is 1. The highest BCUT2D eigenvalue weighted by Gasteiger charge is 2.06. The molecule has 0 saturated heterocycles. The van der Waals surface area contributed by atoms with Crippen molar-refractivity contribution >= 4 is 16.5 Å². The molecule has 1 aromatic heterocycles. The van der Waals surface area contributed by atoms with Gasteiger partial charge in [0.05, 0.1) is 0 Å². The molecule has 2 rings (SSSR count). The predicted molar refractivity (Wildman–Crippen MR) is 75.3 cm³/mol. The van der Waals surface area contributed by atoms with Gasteiger partial charge in [0.2, 0.25) is 5.88 Å². The minimum atomic E-state index is 0.642. The van der Waals surface area contributed by atoms with Crippen LogP contribution in [0.2, 0.25) is 0 Å². The number of likely N-dealkylation sites (N-methyl/N-ethyl adjacent to an activating group) is 1. The third kappa shape index (κ3) is 2.71. The van der Waals surface area contributed by atoms with E-state index in [0.717, 1.165) is 23.0 Å². The van der Waals surface area contributed by atoms with Gasteiger partial charge < -0.3 is 15.0 Å². The molecular weight excluding hydrogens is 226 g/mol. The fourth-order valence-electron chi connectivity index (χ4n) is 1.84. The average Bonchev–Trinajstić information content (AvgIpc) is 2.38. The van der Waals surface area contributed by atoms with Gasteiger partial charge in [-0.05, 0) is 32.3 Å². The Labute approximate surface area is 108 Å². The molecular formula is C14H19N3O. The van der Waals surface area contributed by atoms with E-state index in [1.54, 1.807) is 6.20 Å². The van der Waals surface area contributed by atoms with E-state index in [0.29, 0.717) is 12.5 Å². The van der Waals surface area contributed by atoms with Crippen molar-refractivity contribution in [3.8, 4) is 5.88 Å². The summed E-state index contributed by atoms with van der Waals surface area (Å²) < 4.78 is 5.75. The summed E-state index contributed by atoms with van der Waals surface area (Å²) >= 11 is 0. The van der Waals surface area contributed by atoms with Crippen LogP contribution in [0.15, 0.2) is 30.5 Å². The molecule has 0 spiro atoms. The second-order valence-corrected chi connectivity index (χ2v) is 4.42. The van der Waals surface area contributed by atoms with Crippen molar-refractivity contribution in [3.05, 3.63) is 30.5 Å². The molecule has 18 heavy (non-hydrogen) atoms. The van der Waals surface area contributed by atoms with Crippen LogP contribution in [0.5, 0.6) is 5.88 Å². The Morgan fingerprint density at radius 3 is 2.78 bits per heavy atom. The van der Waals surface area contributed by atoms with Crippen LogP contribution in [0, 0.1) is 0 Å². The Kier molecular flexibility index (Phi) is 3.99. The molecule has 2 aromatic rings. The number of pyridine rings is 1. The predicted octanol–water partition coefficient (Wildman–Crippen LogP) is 2.22. The molecule has 0 aliphatic heterocycles. The van der Waals surface area contributed by atoms with Gasteiger partial charge in [0.1, 0.15) is 6.61 Å². The van der Waals surface area contributed by atoms with Crippen LogP contribution in [0.4, 0.5) is 5.69 Å². The Balaban J connectivity index is 2.28. The van der Waals surface area contributed by atoms with Gasteiger partial charge in [-0.1, -0.05) is 6.07 Å². The summed E-state index contributed by atoms with van der Waals surface area (Å²) in [6.45, 7) is 1.52. The summed E-state index contributed by atoms with van der Waals surface area (Å²) in [5.74, 6) is 0.700. The molecule has 0 fully saturated rings. The lowest BCUT2D eigenvalue weighted by molar-refractivity contribution is 0.256. The minimum absolute atomic E-state index is 0.642. The first kappa shape index (κ1) is 12.6. The van der Waals surface area contributed by atoms with Crippen LogP contribution >= 0.6 is 0 Å². The van der Waals surface area contributed by atoms with Crippen molar-refractivity contribution < 1.29 is 4.74 Å². The van der Waals surface area contributed by atoms with E-state index in [1.165, 1.54) is 0 Å². The smallest absolute Gasteiger partial charge is 0.221 e. The van der Waals surface area contributed by atoms with Crippen LogP contribution in [0.3, 0.4) is 0 Å². The van der Waals surface area contributed by atoms with Gasteiger partial charge in [-0.15, -0.1) is 0 Å². The SMILES string of the molecule is CNc1cccc2c(OCCN(C)C)nccc12. The molecule has 4 nitrogen and oxygen atoms in total. The van der Waals surface area contributed by atoms with Crippen molar-refractivity contribution in [2.75, 3.05) is 39.6 Å². The Hall–Kier alpha value is -1.81. The molecule has 96 valence electrons. The lowest BCUT2D eigenvalue weighted by atomic mass is 10.1. The summed E-state index contributed by atoms with van der Waals surface area (Å²) in [6.07, 6.45) is 1.79. The monoisotopic (exact) mass is 245 g/mol. The van der Waals surface area contributed by atoms with E-state index in [2.05, 4.69) is 15.2 Å². The molecule has 0 amide bonds. The quantitative estimate of drug-likeness (QED) is 0.876. The third-order valence-corrected chi connectivity index (χ3v) is 2.82. The number of aromatic nitrogens is 1. The van der Waals surface area contributed by atoms with Gasteiger partial charge in [0, 0.05) is 36.2 Å². The van der Waals surface area contributed by atoms with E-state index in [1.807, 2.05) is 45.4 Å². The summed E-state index contributed by atoms with van der Waals surface area (Å²) in [5.41, 5.74) is 1.09. The molecule has 0 atom stereocenters. The highest BCUT2D eigenvalue weighted by atomic mass is 16.5. The second-order valence-electron chi connectivity index (χ2n) is 4.42. The van der Waals surface area contributed by atoms with Crippen LogP contribution in [-0.2, 0) is 0 Å². The molecule has 0 unspecified atom stereocenters. The fourth-order valence-corrected chi connectivity index (χ4v) is 1.84. The van der Waals surface area contributed by atoms with Crippen molar-refractivity contribution in [2.24, 2.45) is 0 Å². The van der Waals surface area contributed by atoms with Crippen molar-refractivity contribution in [2.45, 2.75) is 0 Å². The van der Waals surface area contributed by atoms with E-state index in [9.17, 15) is 0 Å². The molecule has 0 aliphatic carbocycles. The van der Waals surface area contributed by atoms with Gasteiger partial charge in [0.15, 0.2) is 0 Å². The summed E-state index contributed by atoms with van der Waals surface area (Å²) in [4.78, 5) is 6.40. The van der Waals surface area contributed by atoms with E-state index in [4.69, 9.17) is 4.74 Å². The normalized spacial score (nSPS) is 10.9. The van der Waals surface area contributed by atoms with E-state index in [-0.39, 0.29) is 0 Å². The first-order chi connectivity index (χ1) is 8.72. The Morgan fingerprint density at radius 2 is 2.06 bits per heavy atom. The number of hydrogen-bond donors (Lipinski definition) is 1. The Morgan fingerprint density at radius 1 is 1.22 bits per heavy atom. The summed E-state index contributed by atoms with van der Waals surface area (Å²) in [5, 5.41) is 5.36. The zero-order chi connectivity index (χ0) is 13.0. The number of hydrogen-bond acceptors (Lipinski definition) is 4. The molecule has 4 heteroatoms. The average molecular weight is 245 g/mol. The molecule has 1 aromatic carbocycles. The zero-order valence-corrected chi connectivity index (χ0v) is 11.1. The fraction of sp³-hybridized carbons (Fsp3) is 0.357. The number of nitrogens with one attached hydrogen (secondary N) is 1. The van der Waals surface area contributed by atoms with Gasteiger partial charge in [-0.2, -0.15) is 0 Å². The third-order valence-electron chi connectivity index (χ3n) is 2.82. The van der Waals surface area contributed by atoms with Crippen molar-refractivity contribution in [1.29, 1.82) is 0 Å². The highest BCUT2D eigenvalue weighted by Crippen LogP contribution is 2.28. The van der Waals surface area contributed by atoms with Crippen LogP contribution in [0.1, 0.15) is 0 Å². The number of fused-ring (bicyclic) bond motifs is 1. The Bertz CT molecular complexity index is 525. The van der Waals surface area contributed by atoms with Crippen LogP contribution in [-0.4, -0.2) is 44.2 Å². The highest BCUT2D eigenvalue weighted by molar-refractivity contribution is 5.96. The standard InChI is InChI=1S/C14H19N3O/c1-15-13-6-4-5-12-11(13)7-8-16-14(12)18-10-9-17(2)3/h4-8,15H,9-10H2,1-3H3. The van der Waals surface area contributed by atoms with Crippen molar-refractivity contribution in [3.63, 3.8) is 0 Å². The minimum Gasteiger partial charge on any atom is -0.476 e. The molecule has 1 heterocycles. The van der Waals surface area contributed by atoms with E-state index >= 15 is 0 Å². The molecule has 0 bridgehead atoms. The van der Waals surface area contributed by atoms with Crippen LogP contribution in [0.25, 0.3) is 10.8 Å². The van der Waals surface area contributed by atoms with Gasteiger partial charge in [0.25, 0.3) is 0 Å². The van der Waals surface area contributed by atoms with Crippen LogP contribution < -0.4 is 10.1 Å². The first-order valence-electron chi connectivity index (χ1n) is 6.05. The lowest BCUT2D eigenvalue weighted by Gasteiger charge is -2.12. The number of anilines is 1. The molecule has 0 saturated carbocycles. The number of ether oxygens (including phenoxy) is 1. The largest absolute Gasteiger partial charge is 0.476 e. The molecule has 0 radical (unpaired) electrons. The van der Waals surface area contributed by atoms with Gasteiger partial charge in [-0.25, -0.2) is 4.98 Å². The zero-order valence-electron chi connectivity index (χ0n) is 11.1. The summed E-state index contributed by atoms with van der Waals surface area (Å²) in [6, 6.07) is 8.09. The number of rotatable bonds is 5. The van der Waals surface area contributed by atoms with E-state index < -0.39 is 0 Å². The van der Waals surface area contributed by atoms with Crippen molar-refractivity contribution in [1.82, 2.24) is 9.88 Å². The molecule has 1 N–H and O–H groups in total. The first-order valence-corrected chi connectivity index (χ1v) is 6.05. The summed E-state index contributed by atoms with van der Waals surface area (Å²) in [7, 11) is 5.97. The maximum Gasteiger partial charge on any atom is 0.221 e. The topological polar surface area (TPSA) is 37.4 Å². The number of nitrogens with zero attached hydrogens (tertiary/aromatic N) is 2. The maximum absolute atomic E-state index is 5.75. The molecule has 0 aliphatic rings. The maximum atomic E-state index is 5.75. The second kappa shape index (κ2) is 5.69. The lowest BCUT2D eigenvalue weighted by Crippen LogP contribution is -2.19. The van der Waals surface area contributed by atoms with Gasteiger partial charge >= 0.3 is 0 Å².